The molecule has 1 amide bonds. The monoisotopic (exact) mass is 530 g/mol. The minimum Gasteiger partial charge on any atom is -0.381 e. The maximum absolute atomic E-state index is 15.1. The van der Waals surface area contributed by atoms with Crippen molar-refractivity contribution in [1.82, 2.24) is 40.0 Å². The normalized spacial score (nSPS) is 19.3. The van der Waals surface area contributed by atoms with E-state index >= 15 is 4.39 Å². The lowest BCUT2D eigenvalue weighted by molar-refractivity contribution is 0.0397. The Labute approximate surface area is 221 Å². The Balaban J connectivity index is 1.42. The molecule has 0 aliphatic heterocycles. The molecule has 12 heteroatoms. The van der Waals surface area contributed by atoms with Gasteiger partial charge in [-0.15, -0.1) is 0 Å². The van der Waals surface area contributed by atoms with E-state index < -0.39 is 17.5 Å². The summed E-state index contributed by atoms with van der Waals surface area (Å²) in [6.45, 7) is 0. The number of ether oxygens (including phenoxy) is 1. The van der Waals surface area contributed by atoms with Crippen molar-refractivity contribution in [2.45, 2.75) is 37.5 Å². The predicted octanol–water partition coefficient (Wildman–Crippen LogP) is 4.10. The number of fused-ring (bicyclic) bond motifs is 1. The van der Waals surface area contributed by atoms with E-state index in [9.17, 15) is 9.18 Å². The van der Waals surface area contributed by atoms with Gasteiger partial charge in [-0.25, -0.2) is 18.7 Å². The van der Waals surface area contributed by atoms with Crippen LogP contribution >= 0.6 is 0 Å². The Morgan fingerprint density at radius 2 is 1.97 bits per heavy atom. The lowest BCUT2D eigenvalue weighted by Gasteiger charge is -2.36. The summed E-state index contributed by atoms with van der Waals surface area (Å²) in [6, 6.07) is 10.1. The van der Waals surface area contributed by atoms with Crippen molar-refractivity contribution < 1.29 is 18.3 Å². The van der Waals surface area contributed by atoms with Crippen molar-refractivity contribution in [2.24, 2.45) is 0 Å². The standard InChI is InChI=1S/C27H24F2N8O2/c1-39-18-10-16(34-27(38)22-8-15(28)6-7-30-22)9-17(11-18)37-24-12-21(25-32-14-33-36-25)31-13-23(24)35-26(37)19-4-2-3-5-20(19)29/h2-8,12-14,16-18H,9-11H2,1H3,(H,34,38)(H,32,33,36)/t16-,17+,18-/m1/s1. The quantitative estimate of drug-likeness (QED) is 0.339. The van der Waals surface area contributed by atoms with Crippen molar-refractivity contribution in [3.63, 3.8) is 0 Å². The number of aromatic amines is 1. The summed E-state index contributed by atoms with van der Waals surface area (Å²) in [5.41, 5.74) is 2.21. The molecule has 0 radical (unpaired) electrons. The first-order valence-electron chi connectivity index (χ1n) is 12.4. The van der Waals surface area contributed by atoms with Crippen LogP contribution in [0.25, 0.3) is 33.9 Å². The molecule has 6 rings (SSSR count). The van der Waals surface area contributed by atoms with Crippen molar-refractivity contribution in [3.05, 3.63) is 78.5 Å². The van der Waals surface area contributed by atoms with Crippen molar-refractivity contribution >= 4 is 16.9 Å². The molecule has 39 heavy (non-hydrogen) atoms. The Morgan fingerprint density at radius 1 is 1.10 bits per heavy atom. The number of halogens is 2. The van der Waals surface area contributed by atoms with Crippen molar-refractivity contribution in [3.8, 4) is 22.9 Å². The Bertz CT molecular complexity index is 1640. The number of hydrogen-bond acceptors (Lipinski definition) is 7. The van der Waals surface area contributed by atoms with Gasteiger partial charge in [-0.3, -0.25) is 19.9 Å². The van der Waals surface area contributed by atoms with Crippen LogP contribution in [0.5, 0.6) is 0 Å². The second-order valence-corrected chi connectivity index (χ2v) is 9.43. The molecule has 0 saturated heterocycles. The lowest BCUT2D eigenvalue weighted by atomic mass is 9.88. The maximum Gasteiger partial charge on any atom is 0.270 e. The number of rotatable bonds is 6. The number of carbonyl (C=O) groups excluding carboxylic acids is 1. The van der Waals surface area contributed by atoms with Crippen molar-refractivity contribution in [2.75, 3.05) is 7.11 Å². The minimum atomic E-state index is -0.540. The van der Waals surface area contributed by atoms with Gasteiger partial charge in [0, 0.05) is 31.5 Å². The van der Waals surface area contributed by atoms with E-state index in [0.29, 0.717) is 47.7 Å². The summed E-state index contributed by atoms with van der Waals surface area (Å²) < 4.78 is 36.5. The van der Waals surface area contributed by atoms with Gasteiger partial charge in [-0.1, -0.05) is 12.1 Å². The highest BCUT2D eigenvalue weighted by Crippen LogP contribution is 2.38. The van der Waals surface area contributed by atoms with Gasteiger partial charge < -0.3 is 14.6 Å². The van der Waals surface area contributed by atoms with E-state index in [1.807, 2.05) is 10.6 Å². The molecular formula is C27H24F2N8O2. The van der Waals surface area contributed by atoms with Crippen molar-refractivity contribution in [1.29, 1.82) is 0 Å². The van der Waals surface area contributed by atoms with Crippen LogP contribution in [0, 0.1) is 11.6 Å². The number of nitrogens with one attached hydrogen (secondary N) is 2. The van der Waals surface area contributed by atoms with Crippen LogP contribution in [0.3, 0.4) is 0 Å². The summed E-state index contributed by atoms with van der Waals surface area (Å²) in [7, 11) is 1.62. The van der Waals surface area contributed by atoms with Gasteiger partial charge in [-0.2, -0.15) is 5.10 Å². The van der Waals surface area contributed by atoms with Gasteiger partial charge in [0.15, 0.2) is 5.82 Å². The summed E-state index contributed by atoms with van der Waals surface area (Å²) in [5.74, 6) is -0.487. The highest BCUT2D eigenvalue weighted by Gasteiger charge is 2.34. The Hall–Kier alpha value is -4.58. The van der Waals surface area contributed by atoms with Crippen LogP contribution in [0.1, 0.15) is 35.8 Å². The van der Waals surface area contributed by atoms with E-state index in [4.69, 9.17) is 9.72 Å². The van der Waals surface area contributed by atoms with E-state index in [-0.39, 0.29) is 23.9 Å². The topological polar surface area (TPSA) is 124 Å². The fourth-order valence-corrected chi connectivity index (χ4v) is 5.21. The lowest BCUT2D eigenvalue weighted by Crippen LogP contribution is -2.43. The second kappa shape index (κ2) is 10.3. The first-order chi connectivity index (χ1) is 19.0. The predicted molar refractivity (Wildman–Crippen MR) is 137 cm³/mol. The third kappa shape index (κ3) is 4.86. The largest absolute Gasteiger partial charge is 0.381 e. The number of H-pyrrole nitrogens is 1. The number of hydrogen-bond donors (Lipinski definition) is 2. The fourth-order valence-electron chi connectivity index (χ4n) is 5.21. The molecule has 10 nitrogen and oxygen atoms in total. The van der Waals surface area contributed by atoms with Gasteiger partial charge in [0.05, 0.1) is 23.4 Å². The van der Waals surface area contributed by atoms with E-state index in [2.05, 4.69) is 30.5 Å². The number of pyridine rings is 2. The van der Waals surface area contributed by atoms with Gasteiger partial charge in [0.2, 0.25) is 0 Å². The summed E-state index contributed by atoms with van der Waals surface area (Å²) >= 11 is 0. The zero-order valence-electron chi connectivity index (χ0n) is 20.9. The molecule has 1 aliphatic rings. The number of benzene rings is 1. The van der Waals surface area contributed by atoms with Gasteiger partial charge in [-0.05, 0) is 43.5 Å². The smallest absolute Gasteiger partial charge is 0.270 e. The zero-order chi connectivity index (χ0) is 26.9. The maximum atomic E-state index is 15.1. The molecule has 0 bridgehead atoms. The van der Waals surface area contributed by atoms with Crippen LogP contribution in [0.4, 0.5) is 8.78 Å². The Morgan fingerprint density at radius 3 is 2.74 bits per heavy atom. The number of amides is 1. The summed E-state index contributed by atoms with van der Waals surface area (Å²) in [6.07, 6.45) is 5.75. The first-order valence-corrected chi connectivity index (χ1v) is 12.4. The summed E-state index contributed by atoms with van der Waals surface area (Å²) in [4.78, 5) is 30.3. The van der Waals surface area contributed by atoms with Crippen LogP contribution in [0.15, 0.2) is 61.2 Å². The van der Waals surface area contributed by atoms with Gasteiger partial charge >= 0.3 is 0 Å². The van der Waals surface area contributed by atoms with Crippen LogP contribution in [-0.2, 0) is 4.74 Å². The second-order valence-electron chi connectivity index (χ2n) is 9.43. The zero-order valence-corrected chi connectivity index (χ0v) is 20.9. The molecule has 1 aromatic carbocycles. The fraction of sp³-hybridized carbons (Fsp3) is 0.259. The van der Waals surface area contributed by atoms with Crippen LogP contribution < -0.4 is 5.32 Å². The van der Waals surface area contributed by atoms with Gasteiger partial charge in [0.25, 0.3) is 5.91 Å². The highest BCUT2D eigenvalue weighted by molar-refractivity contribution is 5.92. The third-order valence-electron chi connectivity index (χ3n) is 6.98. The van der Waals surface area contributed by atoms with Crippen LogP contribution in [-0.4, -0.2) is 59.9 Å². The molecule has 1 fully saturated rings. The van der Waals surface area contributed by atoms with Crippen LogP contribution in [0.2, 0.25) is 0 Å². The minimum absolute atomic E-state index is 0.00556. The average molecular weight is 531 g/mol. The van der Waals surface area contributed by atoms with Gasteiger partial charge in [0.1, 0.15) is 40.7 Å². The molecule has 4 aromatic heterocycles. The Kier molecular flexibility index (Phi) is 6.53. The van der Waals surface area contributed by atoms with E-state index in [1.54, 1.807) is 31.5 Å². The molecule has 1 aliphatic carbocycles. The van der Waals surface area contributed by atoms with E-state index in [1.165, 1.54) is 24.7 Å². The molecule has 2 N–H and O–H groups in total. The molecule has 4 heterocycles. The molecule has 198 valence electrons. The SMILES string of the molecule is CO[C@@H]1C[C@H](NC(=O)c2cc(F)ccn2)C[C@H](n2c(-c3ccccc3F)nc3cnc(-c4ncn[nH]4)cc32)C1. The molecule has 0 spiro atoms. The number of carbonyl (C=O) groups is 1. The molecule has 1 saturated carbocycles. The third-order valence-corrected chi connectivity index (χ3v) is 6.98. The summed E-state index contributed by atoms with van der Waals surface area (Å²) in [5, 5.41) is 9.71. The number of nitrogens with zero attached hydrogens (tertiary/aromatic N) is 6. The molecule has 0 unspecified atom stereocenters. The number of aromatic nitrogens is 7. The first kappa shape index (κ1) is 24.7. The number of imidazole rings is 1. The van der Waals surface area contributed by atoms with E-state index in [0.717, 1.165) is 11.6 Å². The average Bonchev–Trinajstić information content (AvgIpc) is 3.61. The highest BCUT2D eigenvalue weighted by atomic mass is 19.1. The molecule has 5 aromatic rings. The molecule has 3 atom stereocenters. The molecular weight excluding hydrogens is 506 g/mol. The number of methoxy groups -OCH3 is 1.